The average Bonchev–Trinajstić information content (AvgIpc) is 2.98. The van der Waals surface area contributed by atoms with Gasteiger partial charge in [-0.15, -0.1) is 11.8 Å². The van der Waals surface area contributed by atoms with E-state index in [9.17, 15) is 19.5 Å². The molecule has 8 heteroatoms. The number of fused-ring (bicyclic) bond motifs is 1. The van der Waals surface area contributed by atoms with Crippen LogP contribution in [0.2, 0.25) is 5.02 Å². The quantitative estimate of drug-likeness (QED) is 0.161. The molecule has 1 unspecified atom stereocenters. The molecule has 1 atom stereocenters. The SMILES string of the molecule is Cc1c(Cl)cccc1NC(=O)C(Sc1cccc(NC(=O)c2cccc3cccc(C(=O)O)c23)c1)c1ccccc1. The van der Waals surface area contributed by atoms with Crippen LogP contribution in [0.15, 0.2) is 114 Å². The Morgan fingerprint density at radius 2 is 1.46 bits per heavy atom. The third-order valence-corrected chi connectivity index (χ3v) is 8.25. The average molecular weight is 581 g/mol. The van der Waals surface area contributed by atoms with Crippen molar-refractivity contribution in [1.29, 1.82) is 0 Å². The molecular formula is C33H25ClN2O4S. The lowest BCUT2D eigenvalue weighted by Crippen LogP contribution is -2.19. The third-order valence-electron chi connectivity index (χ3n) is 6.59. The van der Waals surface area contributed by atoms with Crippen molar-refractivity contribution in [2.45, 2.75) is 17.1 Å². The molecule has 0 aliphatic rings. The second kappa shape index (κ2) is 12.3. The number of aromatic carboxylic acids is 1. The number of rotatable bonds is 8. The number of carbonyl (C=O) groups is 3. The minimum Gasteiger partial charge on any atom is -0.478 e. The smallest absolute Gasteiger partial charge is 0.336 e. The Hall–Kier alpha value is -4.59. The number of hydrogen-bond donors (Lipinski definition) is 3. The molecule has 5 rings (SSSR count). The first kappa shape index (κ1) is 28.0. The van der Waals surface area contributed by atoms with E-state index in [1.54, 1.807) is 60.7 Å². The monoisotopic (exact) mass is 580 g/mol. The maximum atomic E-state index is 13.5. The fourth-order valence-corrected chi connectivity index (χ4v) is 5.79. The van der Waals surface area contributed by atoms with E-state index < -0.39 is 17.1 Å². The molecule has 2 amide bonds. The van der Waals surface area contributed by atoms with E-state index in [-0.39, 0.29) is 17.0 Å². The van der Waals surface area contributed by atoms with Gasteiger partial charge < -0.3 is 15.7 Å². The molecule has 6 nitrogen and oxygen atoms in total. The van der Waals surface area contributed by atoms with Crippen LogP contribution in [0.25, 0.3) is 10.8 Å². The summed E-state index contributed by atoms with van der Waals surface area (Å²) < 4.78 is 0. The van der Waals surface area contributed by atoms with E-state index >= 15 is 0 Å². The highest BCUT2D eigenvalue weighted by atomic mass is 35.5. The predicted molar refractivity (Wildman–Crippen MR) is 165 cm³/mol. The first-order chi connectivity index (χ1) is 19.8. The van der Waals surface area contributed by atoms with Gasteiger partial charge in [-0.05, 0) is 65.9 Å². The molecule has 0 aliphatic carbocycles. The number of amides is 2. The summed E-state index contributed by atoms with van der Waals surface area (Å²) in [6, 6.07) is 32.0. The molecular weight excluding hydrogens is 556 g/mol. The van der Waals surface area contributed by atoms with Gasteiger partial charge in [0.15, 0.2) is 0 Å². The number of anilines is 2. The van der Waals surface area contributed by atoms with Crippen LogP contribution in [0.5, 0.6) is 0 Å². The molecule has 0 aliphatic heterocycles. The lowest BCUT2D eigenvalue weighted by molar-refractivity contribution is -0.115. The van der Waals surface area contributed by atoms with E-state index in [1.165, 1.54) is 17.8 Å². The van der Waals surface area contributed by atoms with Crippen LogP contribution in [0.1, 0.15) is 37.1 Å². The van der Waals surface area contributed by atoms with Gasteiger partial charge in [0.2, 0.25) is 5.91 Å². The summed E-state index contributed by atoms with van der Waals surface area (Å²) in [5.74, 6) is -1.74. The number of nitrogens with one attached hydrogen (secondary N) is 2. The molecule has 0 saturated heterocycles. The van der Waals surface area contributed by atoms with Crippen LogP contribution in [-0.2, 0) is 4.79 Å². The normalized spacial score (nSPS) is 11.6. The molecule has 5 aromatic rings. The van der Waals surface area contributed by atoms with E-state index in [1.807, 2.05) is 49.4 Å². The van der Waals surface area contributed by atoms with Gasteiger partial charge in [-0.25, -0.2) is 4.79 Å². The Kier molecular flexibility index (Phi) is 8.38. The molecule has 0 radical (unpaired) electrons. The summed E-state index contributed by atoms with van der Waals surface area (Å²) >= 11 is 7.61. The van der Waals surface area contributed by atoms with E-state index in [2.05, 4.69) is 10.6 Å². The Morgan fingerprint density at radius 1 is 0.780 bits per heavy atom. The zero-order valence-electron chi connectivity index (χ0n) is 21.9. The van der Waals surface area contributed by atoms with Crippen molar-refractivity contribution in [3.8, 4) is 0 Å². The second-order valence-electron chi connectivity index (χ2n) is 9.31. The summed E-state index contributed by atoms with van der Waals surface area (Å²) in [6.45, 7) is 1.85. The van der Waals surface area contributed by atoms with Crippen molar-refractivity contribution >= 4 is 63.3 Å². The topological polar surface area (TPSA) is 95.5 Å². The summed E-state index contributed by atoms with van der Waals surface area (Å²) in [5, 5.41) is 16.6. The van der Waals surface area contributed by atoms with Gasteiger partial charge >= 0.3 is 5.97 Å². The van der Waals surface area contributed by atoms with Gasteiger partial charge in [0, 0.05) is 32.2 Å². The molecule has 3 N–H and O–H groups in total. The van der Waals surface area contributed by atoms with Crippen molar-refractivity contribution in [3.63, 3.8) is 0 Å². The first-order valence-electron chi connectivity index (χ1n) is 12.8. The fourth-order valence-electron chi connectivity index (χ4n) is 4.53. The number of halogens is 1. The number of carbonyl (C=O) groups excluding carboxylic acids is 2. The summed E-state index contributed by atoms with van der Waals surface area (Å²) in [7, 11) is 0. The number of hydrogen-bond acceptors (Lipinski definition) is 4. The molecule has 0 saturated carbocycles. The highest BCUT2D eigenvalue weighted by molar-refractivity contribution is 8.00. The maximum Gasteiger partial charge on any atom is 0.336 e. The van der Waals surface area contributed by atoms with Gasteiger partial charge in [-0.2, -0.15) is 0 Å². The minimum absolute atomic E-state index is 0.0595. The van der Waals surface area contributed by atoms with Gasteiger partial charge in [0.25, 0.3) is 5.91 Å². The standard InChI is InChI=1S/C33H25ClN2O4S/c1-20-27(34)17-8-18-28(20)36-32(38)30(22-9-3-2-4-10-22)41-24-14-7-13-23(19-24)35-31(37)25-15-5-11-21-12-6-16-26(29(21)25)33(39)40/h2-19,30H,1H3,(H,35,37)(H,36,38)(H,39,40). The van der Waals surface area contributed by atoms with Gasteiger partial charge in [0.1, 0.15) is 5.25 Å². The molecule has 0 aromatic heterocycles. The lowest BCUT2D eigenvalue weighted by atomic mass is 9.98. The number of carboxylic acids is 1. The van der Waals surface area contributed by atoms with Crippen LogP contribution < -0.4 is 10.6 Å². The lowest BCUT2D eigenvalue weighted by Gasteiger charge is -2.19. The molecule has 5 aromatic carbocycles. The number of thioether (sulfide) groups is 1. The van der Waals surface area contributed by atoms with Crippen molar-refractivity contribution in [2.24, 2.45) is 0 Å². The Bertz CT molecular complexity index is 1770. The van der Waals surface area contributed by atoms with Gasteiger partial charge in [0.05, 0.1) is 5.56 Å². The highest BCUT2D eigenvalue weighted by Gasteiger charge is 2.23. The van der Waals surface area contributed by atoms with Gasteiger partial charge in [-0.3, -0.25) is 9.59 Å². The largest absolute Gasteiger partial charge is 0.478 e. The highest BCUT2D eigenvalue weighted by Crippen LogP contribution is 2.38. The summed E-state index contributed by atoms with van der Waals surface area (Å²) in [6.07, 6.45) is 0. The van der Waals surface area contributed by atoms with Crippen molar-refractivity contribution in [3.05, 3.63) is 136 Å². The molecule has 41 heavy (non-hydrogen) atoms. The van der Waals surface area contributed by atoms with Crippen LogP contribution >= 0.6 is 23.4 Å². The van der Waals surface area contributed by atoms with Crippen molar-refractivity contribution < 1.29 is 19.5 Å². The Balaban J connectivity index is 1.41. The van der Waals surface area contributed by atoms with E-state index in [0.29, 0.717) is 27.2 Å². The van der Waals surface area contributed by atoms with Crippen molar-refractivity contribution in [2.75, 3.05) is 10.6 Å². The van der Waals surface area contributed by atoms with Crippen LogP contribution in [0, 0.1) is 6.92 Å². The molecule has 0 spiro atoms. The molecule has 204 valence electrons. The van der Waals surface area contributed by atoms with E-state index in [0.717, 1.165) is 16.0 Å². The number of carboxylic acid groups (broad SMARTS) is 1. The Labute approximate surface area is 246 Å². The number of benzene rings is 5. The minimum atomic E-state index is -1.10. The van der Waals surface area contributed by atoms with Crippen LogP contribution in [-0.4, -0.2) is 22.9 Å². The molecule has 0 fully saturated rings. The predicted octanol–water partition coefficient (Wildman–Crippen LogP) is 8.22. The van der Waals surface area contributed by atoms with Crippen molar-refractivity contribution in [1.82, 2.24) is 0 Å². The molecule has 0 bridgehead atoms. The van der Waals surface area contributed by atoms with Crippen LogP contribution in [0.3, 0.4) is 0 Å². The van der Waals surface area contributed by atoms with Crippen LogP contribution in [0.4, 0.5) is 11.4 Å². The third kappa shape index (κ3) is 6.27. The van der Waals surface area contributed by atoms with Gasteiger partial charge in [-0.1, -0.05) is 78.3 Å². The molecule has 0 heterocycles. The Morgan fingerprint density at radius 3 is 2.20 bits per heavy atom. The summed E-state index contributed by atoms with van der Waals surface area (Å²) in [4.78, 5) is 39.5. The second-order valence-corrected chi connectivity index (χ2v) is 10.9. The zero-order valence-corrected chi connectivity index (χ0v) is 23.5. The maximum absolute atomic E-state index is 13.5. The fraction of sp³-hybridized carbons (Fsp3) is 0.0606. The zero-order chi connectivity index (χ0) is 28.9. The first-order valence-corrected chi connectivity index (χ1v) is 14.0. The van der Waals surface area contributed by atoms with E-state index in [4.69, 9.17) is 11.6 Å². The summed E-state index contributed by atoms with van der Waals surface area (Å²) in [5.41, 5.74) is 3.08.